The van der Waals surface area contributed by atoms with Gasteiger partial charge in [0.1, 0.15) is 12.4 Å². The van der Waals surface area contributed by atoms with Gasteiger partial charge in [0.15, 0.2) is 0 Å². The lowest BCUT2D eigenvalue weighted by Gasteiger charge is -2.14. The molecule has 10 nitrogen and oxygen atoms in total. The molecule has 1 aliphatic rings. The maximum Gasteiger partial charge on any atom is 0.251 e. The molecular weight excluding hydrogens is 476 g/mol. The number of unbranched alkanes of at least 4 members (excludes halogenated alkanes) is 1. The highest BCUT2D eigenvalue weighted by atomic mass is 16.5. The summed E-state index contributed by atoms with van der Waals surface area (Å²) in [4.78, 5) is 45.6. The highest BCUT2D eigenvalue weighted by molar-refractivity contribution is 5.92. The Kier molecular flexibility index (Phi) is 27.9. The van der Waals surface area contributed by atoms with Crippen LogP contribution in [0.15, 0.2) is 24.4 Å². The Balaban J connectivity index is -0.000000680. The maximum atomic E-state index is 11.5. The van der Waals surface area contributed by atoms with Crippen LogP contribution in [0.5, 0.6) is 0 Å². The molecule has 0 fully saturated rings. The van der Waals surface area contributed by atoms with E-state index in [1.54, 1.807) is 30.9 Å². The van der Waals surface area contributed by atoms with E-state index in [1.807, 2.05) is 21.0 Å². The fourth-order valence-corrected chi connectivity index (χ4v) is 2.77. The third-order valence-corrected chi connectivity index (χ3v) is 4.77. The average Bonchev–Trinajstić information content (AvgIpc) is 3.13. The molecule has 0 spiro atoms. The van der Waals surface area contributed by atoms with Crippen molar-refractivity contribution in [3.8, 4) is 0 Å². The molecule has 1 rings (SSSR count). The van der Waals surface area contributed by atoms with Gasteiger partial charge in [-0.25, -0.2) is 0 Å². The number of hydrogen-bond acceptors (Lipinski definition) is 7. The summed E-state index contributed by atoms with van der Waals surface area (Å²) in [5.41, 5.74) is 5.98. The zero-order valence-corrected chi connectivity index (χ0v) is 22.9. The van der Waals surface area contributed by atoms with Crippen LogP contribution in [-0.2, 0) is 28.7 Å². The lowest BCUT2D eigenvalue weighted by molar-refractivity contribution is -0.126. The summed E-state index contributed by atoms with van der Waals surface area (Å²) in [5, 5.41) is 5.50. The lowest BCUT2D eigenvalue weighted by Crippen LogP contribution is -2.29. The zero-order chi connectivity index (χ0) is 27.8. The first kappa shape index (κ1) is 39.0. The first-order chi connectivity index (χ1) is 17.1. The Labute approximate surface area is 224 Å². The molecule has 0 saturated heterocycles. The largest absolute Gasteiger partial charge is 0.379 e. The molecule has 1 aliphatic heterocycles. The molecule has 0 aromatic carbocycles. The van der Waals surface area contributed by atoms with Crippen molar-refractivity contribution in [1.29, 1.82) is 0 Å². The molecule has 0 bridgehead atoms. The zero-order valence-electron chi connectivity index (χ0n) is 22.9. The van der Waals surface area contributed by atoms with E-state index < -0.39 is 0 Å². The Bertz CT molecular complexity index is 664. The Morgan fingerprint density at radius 1 is 1.08 bits per heavy atom. The Morgan fingerprint density at radius 2 is 1.70 bits per heavy atom. The number of primary amides is 1. The van der Waals surface area contributed by atoms with Gasteiger partial charge in [-0.05, 0) is 52.8 Å². The van der Waals surface area contributed by atoms with E-state index in [1.165, 1.54) is 0 Å². The van der Waals surface area contributed by atoms with Crippen LogP contribution >= 0.6 is 0 Å². The standard InChI is InChI=1S/C16H30N2O5.C8H11NO.C2H7N.CH4/c1-13(16(17)21)6-3-4-8-18-15(20)12-23-11-10-22-9-5-7-14(2)19;1-3-6-9-7(2)4-5-8(9)10;1-3-2;/h13H,3-12H2,1-2H3,(H2,17,21)(H,18,20);4-5H,2-3,6H2,1H3;3H,1-2H3;1H4. The number of ether oxygens (including phenoxy) is 2. The number of rotatable bonds is 17. The van der Waals surface area contributed by atoms with E-state index in [2.05, 4.69) is 17.2 Å². The van der Waals surface area contributed by atoms with Crippen molar-refractivity contribution in [1.82, 2.24) is 15.5 Å². The normalized spacial score (nSPS) is 12.5. The first-order valence-electron chi connectivity index (χ1n) is 12.6. The SMILES string of the molecule is C.C=C1C=CC(=O)N1CCC.CC(=O)CCCOCCOCC(=O)NCCCCC(C)C(N)=O.CNC. The maximum absolute atomic E-state index is 11.5. The minimum atomic E-state index is -0.286. The second-order valence-electron chi connectivity index (χ2n) is 8.43. The number of allylic oxidation sites excluding steroid dienone is 1. The predicted octanol–water partition coefficient (Wildman–Crippen LogP) is 2.58. The first-order valence-corrected chi connectivity index (χ1v) is 12.6. The van der Waals surface area contributed by atoms with Crippen molar-refractivity contribution in [3.05, 3.63) is 24.4 Å². The number of carbonyl (C=O) groups is 4. The van der Waals surface area contributed by atoms with Crippen LogP contribution in [0.3, 0.4) is 0 Å². The van der Waals surface area contributed by atoms with Gasteiger partial charge in [-0.2, -0.15) is 0 Å². The quantitative estimate of drug-likeness (QED) is 0.247. The van der Waals surface area contributed by atoms with E-state index in [9.17, 15) is 19.2 Å². The summed E-state index contributed by atoms with van der Waals surface area (Å²) in [5.74, 6) is -0.350. The van der Waals surface area contributed by atoms with Crippen molar-refractivity contribution in [2.75, 3.05) is 53.6 Å². The summed E-state index contributed by atoms with van der Waals surface area (Å²) < 4.78 is 10.5. The molecule has 3 amide bonds. The number of ketones is 1. The van der Waals surface area contributed by atoms with Crippen LogP contribution in [0.4, 0.5) is 0 Å². The third kappa shape index (κ3) is 24.9. The smallest absolute Gasteiger partial charge is 0.251 e. The van der Waals surface area contributed by atoms with Gasteiger partial charge in [-0.1, -0.05) is 34.3 Å². The summed E-state index contributed by atoms with van der Waals surface area (Å²) in [7, 11) is 3.75. The number of Topliss-reactive ketones (excluding diaryl/α,β-unsaturated/α-hetero) is 1. The van der Waals surface area contributed by atoms with Gasteiger partial charge in [0.2, 0.25) is 11.8 Å². The summed E-state index contributed by atoms with van der Waals surface area (Å²) >= 11 is 0. The van der Waals surface area contributed by atoms with Crippen molar-refractivity contribution in [3.63, 3.8) is 0 Å². The number of hydrogen-bond donors (Lipinski definition) is 3. The van der Waals surface area contributed by atoms with Gasteiger partial charge in [0, 0.05) is 43.8 Å². The third-order valence-electron chi connectivity index (χ3n) is 4.77. The fourth-order valence-electron chi connectivity index (χ4n) is 2.77. The minimum absolute atomic E-state index is 0. The number of nitrogens with zero attached hydrogens (tertiary/aromatic N) is 1. The topological polar surface area (TPSA) is 140 Å². The van der Waals surface area contributed by atoms with Crippen LogP contribution < -0.4 is 16.4 Å². The van der Waals surface area contributed by atoms with Gasteiger partial charge in [0.25, 0.3) is 5.91 Å². The second-order valence-corrected chi connectivity index (χ2v) is 8.43. The predicted molar refractivity (Wildman–Crippen MR) is 149 cm³/mol. The van der Waals surface area contributed by atoms with E-state index in [0.29, 0.717) is 39.2 Å². The molecule has 1 unspecified atom stereocenters. The molecular formula is C27H52N4O6. The number of carbonyl (C=O) groups excluding carboxylic acids is 4. The molecule has 0 aromatic heterocycles. The Morgan fingerprint density at radius 3 is 2.22 bits per heavy atom. The molecule has 0 saturated carbocycles. The molecule has 1 atom stereocenters. The summed E-state index contributed by atoms with van der Waals surface area (Å²) in [6.07, 6.45) is 7.92. The van der Waals surface area contributed by atoms with E-state index in [4.69, 9.17) is 15.2 Å². The molecule has 216 valence electrons. The van der Waals surface area contributed by atoms with Crippen molar-refractivity contribution >= 4 is 23.5 Å². The second kappa shape index (κ2) is 26.5. The van der Waals surface area contributed by atoms with Crippen molar-refractivity contribution in [2.24, 2.45) is 11.7 Å². The highest BCUT2D eigenvalue weighted by Crippen LogP contribution is 2.12. The van der Waals surface area contributed by atoms with Crippen molar-refractivity contribution in [2.45, 2.75) is 66.7 Å². The lowest BCUT2D eigenvalue weighted by atomic mass is 10.0. The van der Waals surface area contributed by atoms with E-state index in [-0.39, 0.29) is 43.5 Å². The van der Waals surface area contributed by atoms with Gasteiger partial charge < -0.3 is 35.5 Å². The molecule has 37 heavy (non-hydrogen) atoms. The average molecular weight is 529 g/mol. The van der Waals surface area contributed by atoms with Crippen LogP contribution in [0.25, 0.3) is 0 Å². The van der Waals surface area contributed by atoms with Gasteiger partial charge in [-0.3, -0.25) is 14.4 Å². The summed E-state index contributed by atoms with van der Waals surface area (Å²) in [6.45, 7) is 11.8. The Hall–Kier alpha value is -2.56. The van der Waals surface area contributed by atoms with Crippen LogP contribution in [-0.4, -0.2) is 82.0 Å². The van der Waals surface area contributed by atoms with Crippen LogP contribution in [0.2, 0.25) is 0 Å². The molecule has 0 aromatic rings. The minimum Gasteiger partial charge on any atom is -0.379 e. The number of nitrogens with one attached hydrogen (secondary N) is 2. The summed E-state index contributed by atoms with van der Waals surface area (Å²) in [6, 6.07) is 0. The van der Waals surface area contributed by atoms with Crippen molar-refractivity contribution < 1.29 is 28.7 Å². The molecule has 0 radical (unpaired) electrons. The monoisotopic (exact) mass is 528 g/mol. The highest BCUT2D eigenvalue weighted by Gasteiger charge is 2.16. The van der Waals surface area contributed by atoms with Gasteiger partial charge in [0.05, 0.1) is 13.2 Å². The van der Waals surface area contributed by atoms with Crippen LogP contribution in [0.1, 0.15) is 66.7 Å². The number of amides is 3. The number of nitrogens with two attached hydrogens (primary N) is 1. The fraction of sp³-hybridized carbons (Fsp3) is 0.704. The van der Waals surface area contributed by atoms with Gasteiger partial charge in [-0.15, -0.1) is 0 Å². The van der Waals surface area contributed by atoms with Crippen LogP contribution in [0, 0.1) is 5.92 Å². The van der Waals surface area contributed by atoms with E-state index >= 15 is 0 Å². The molecule has 4 N–H and O–H groups in total. The van der Waals surface area contributed by atoms with Gasteiger partial charge >= 0.3 is 0 Å². The molecule has 0 aliphatic carbocycles. The molecule has 10 heteroatoms. The molecule has 1 heterocycles. The van der Waals surface area contributed by atoms with E-state index in [0.717, 1.165) is 37.9 Å².